The molecule has 20 heavy (non-hydrogen) atoms. The number of rotatable bonds is 5. The van der Waals surface area contributed by atoms with Gasteiger partial charge in [0.05, 0.1) is 7.11 Å². The van der Waals surface area contributed by atoms with E-state index in [-0.39, 0.29) is 0 Å². The average Bonchev–Trinajstić information content (AvgIpc) is 2.46. The zero-order valence-electron chi connectivity index (χ0n) is 12.1. The number of methoxy groups -OCH3 is 1. The van der Waals surface area contributed by atoms with E-state index in [0.717, 1.165) is 18.1 Å². The SMILES string of the molecule is COc1cc(N(Cc2ccc(N)cc2)C(C)C)ncn1. The summed E-state index contributed by atoms with van der Waals surface area (Å²) in [5, 5.41) is 0. The third kappa shape index (κ3) is 3.38. The first-order chi connectivity index (χ1) is 9.60. The molecule has 1 aromatic carbocycles. The molecule has 5 heteroatoms. The first kappa shape index (κ1) is 14.1. The summed E-state index contributed by atoms with van der Waals surface area (Å²) in [5.74, 6) is 1.42. The van der Waals surface area contributed by atoms with Crippen LogP contribution < -0.4 is 15.4 Å². The molecule has 5 nitrogen and oxygen atoms in total. The van der Waals surface area contributed by atoms with E-state index in [0.29, 0.717) is 11.9 Å². The lowest BCUT2D eigenvalue weighted by Crippen LogP contribution is -2.31. The molecule has 2 aromatic rings. The van der Waals surface area contributed by atoms with Crippen molar-refractivity contribution in [1.82, 2.24) is 9.97 Å². The zero-order valence-corrected chi connectivity index (χ0v) is 12.1. The van der Waals surface area contributed by atoms with Crippen LogP contribution in [-0.4, -0.2) is 23.1 Å². The fourth-order valence-corrected chi connectivity index (χ4v) is 1.95. The van der Waals surface area contributed by atoms with E-state index in [1.54, 1.807) is 7.11 Å². The molecule has 0 spiro atoms. The van der Waals surface area contributed by atoms with Crippen molar-refractivity contribution in [3.8, 4) is 5.88 Å². The molecule has 2 N–H and O–H groups in total. The van der Waals surface area contributed by atoms with Crippen molar-refractivity contribution in [2.24, 2.45) is 0 Å². The van der Waals surface area contributed by atoms with Crippen LogP contribution in [0.4, 0.5) is 11.5 Å². The van der Waals surface area contributed by atoms with Gasteiger partial charge in [0.25, 0.3) is 0 Å². The lowest BCUT2D eigenvalue weighted by atomic mass is 10.1. The summed E-state index contributed by atoms with van der Waals surface area (Å²) in [6.45, 7) is 5.02. The second-order valence-corrected chi connectivity index (χ2v) is 4.88. The Labute approximate surface area is 119 Å². The number of nitrogen functional groups attached to an aromatic ring is 1. The van der Waals surface area contributed by atoms with Gasteiger partial charge in [-0.3, -0.25) is 0 Å². The molecule has 0 atom stereocenters. The summed E-state index contributed by atoms with van der Waals surface area (Å²) in [4.78, 5) is 10.6. The number of anilines is 2. The highest BCUT2D eigenvalue weighted by atomic mass is 16.5. The highest BCUT2D eigenvalue weighted by molar-refractivity contribution is 5.44. The third-order valence-electron chi connectivity index (χ3n) is 3.09. The largest absolute Gasteiger partial charge is 0.481 e. The van der Waals surface area contributed by atoms with Gasteiger partial charge in [-0.1, -0.05) is 12.1 Å². The van der Waals surface area contributed by atoms with E-state index < -0.39 is 0 Å². The van der Waals surface area contributed by atoms with Crippen LogP contribution >= 0.6 is 0 Å². The molecule has 0 aliphatic rings. The van der Waals surface area contributed by atoms with E-state index >= 15 is 0 Å². The Morgan fingerprint density at radius 3 is 2.50 bits per heavy atom. The molecule has 1 heterocycles. The fraction of sp³-hybridized carbons (Fsp3) is 0.333. The van der Waals surface area contributed by atoms with Crippen LogP contribution in [0.2, 0.25) is 0 Å². The third-order valence-corrected chi connectivity index (χ3v) is 3.09. The van der Waals surface area contributed by atoms with E-state index in [1.165, 1.54) is 11.9 Å². The van der Waals surface area contributed by atoms with Gasteiger partial charge in [-0.25, -0.2) is 9.97 Å². The minimum atomic E-state index is 0.312. The number of hydrogen-bond acceptors (Lipinski definition) is 5. The van der Waals surface area contributed by atoms with Crippen molar-refractivity contribution >= 4 is 11.5 Å². The minimum absolute atomic E-state index is 0.312. The summed E-state index contributed by atoms with van der Waals surface area (Å²) < 4.78 is 5.16. The van der Waals surface area contributed by atoms with Crippen LogP contribution in [0, 0.1) is 0 Å². The maximum absolute atomic E-state index is 5.72. The van der Waals surface area contributed by atoms with Crippen LogP contribution in [-0.2, 0) is 6.54 Å². The van der Waals surface area contributed by atoms with E-state index in [9.17, 15) is 0 Å². The lowest BCUT2D eigenvalue weighted by Gasteiger charge is -2.28. The molecule has 0 saturated carbocycles. The monoisotopic (exact) mass is 272 g/mol. The molecular formula is C15H20N4O. The zero-order chi connectivity index (χ0) is 14.5. The van der Waals surface area contributed by atoms with Crippen molar-refractivity contribution in [2.45, 2.75) is 26.4 Å². The molecule has 0 radical (unpaired) electrons. The quantitative estimate of drug-likeness (QED) is 0.847. The highest BCUT2D eigenvalue weighted by Gasteiger charge is 2.13. The topological polar surface area (TPSA) is 64.3 Å². The number of benzene rings is 1. The van der Waals surface area contributed by atoms with Gasteiger partial charge in [-0.15, -0.1) is 0 Å². The highest BCUT2D eigenvalue weighted by Crippen LogP contribution is 2.20. The predicted molar refractivity (Wildman–Crippen MR) is 80.8 cm³/mol. The Kier molecular flexibility index (Phi) is 4.40. The van der Waals surface area contributed by atoms with Gasteiger partial charge in [0.1, 0.15) is 12.1 Å². The normalized spacial score (nSPS) is 10.6. The molecule has 0 fully saturated rings. The van der Waals surface area contributed by atoms with Gasteiger partial charge < -0.3 is 15.4 Å². The molecule has 0 unspecified atom stereocenters. The Morgan fingerprint density at radius 2 is 1.90 bits per heavy atom. The molecule has 0 saturated heterocycles. The average molecular weight is 272 g/mol. The number of aromatic nitrogens is 2. The molecule has 0 bridgehead atoms. The van der Waals surface area contributed by atoms with Gasteiger partial charge in [0.15, 0.2) is 0 Å². The van der Waals surface area contributed by atoms with Gasteiger partial charge in [-0.2, -0.15) is 0 Å². The fourth-order valence-electron chi connectivity index (χ4n) is 1.95. The minimum Gasteiger partial charge on any atom is -0.481 e. The smallest absolute Gasteiger partial charge is 0.218 e. The molecule has 0 aliphatic carbocycles. The number of ether oxygens (including phenoxy) is 1. The van der Waals surface area contributed by atoms with Crippen molar-refractivity contribution < 1.29 is 4.74 Å². The standard InChI is InChI=1S/C15H20N4O/c1-11(2)19(9-12-4-6-13(16)7-5-12)14-8-15(20-3)18-10-17-14/h4-8,10-11H,9,16H2,1-3H3. The molecule has 2 rings (SSSR count). The second-order valence-electron chi connectivity index (χ2n) is 4.88. The Morgan fingerprint density at radius 1 is 1.20 bits per heavy atom. The maximum Gasteiger partial charge on any atom is 0.218 e. The first-order valence-corrected chi connectivity index (χ1v) is 6.57. The van der Waals surface area contributed by atoms with Gasteiger partial charge in [0, 0.05) is 24.3 Å². The molecule has 0 aliphatic heterocycles. The van der Waals surface area contributed by atoms with E-state index in [2.05, 4.69) is 28.7 Å². The van der Waals surface area contributed by atoms with Crippen molar-refractivity contribution in [3.63, 3.8) is 0 Å². The van der Waals surface area contributed by atoms with Crippen molar-refractivity contribution in [3.05, 3.63) is 42.2 Å². The second kappa shape index (κ2) is 6.23. The molecular weight excluding hydrogens is 252 g/mol. The molecule has 106 valence electrons. The number of hydrogen-bond donors (Lipinski definition) is 1. The van der Waals surface area contributed by atoms with Gasteiger partial charge in [-0.05, 0) is 31.5 Å². The Hall–Kier alpha value is -2.30. The van der Waals surface area contributed by atoms with Crippen molar-refractivity contribution in [2.75, 3.05) is 17.7 Å². The van der Waals surface area contributed by atoms with Crippen LogP contribution in [0.5, 0.6) is 5.88 Å². The Bertz CT molecular complexity index is 554. The summed E-state index contributed by atoms with van der Waals surface area (Å²) in [5.41, 5.74) is 7.67. The summed E-state index contributed by atoms with van der Waals surface area (Å²) >= 11 is 0. The number of nitrogens with two attached hydrogens (primary N) is 1. The maximum atomic E-state index is 5.72. The first-order valence-electron chi connectivity index (χ1n) is 6.57. The van der Waals surface area contributed by atoms with E-state index in [4.69, 9.17) is 10.5 Å². The van der Waals surface area contributed by atoms with E-state index in [1.807, 2.05) is 30.3 Å². The van der Waals surface area contributed by atoms with Crippen LogP contribution in [0.25, 0.3) is 0 Å². The molecule has 0 amide bonds. The van der Waals surface area contributed by atoms with Crippen LogP contribution in [0.3, 0.4) is 0 Å². The lowest BCUT2D eigenvalue weighted by molar-refractivity contribution is 0.396. The van der Waals surface area contributed by atoms with Crippen LogP contribution in [0.15, 0.2) is 36.7 Å². The van der Waals surface area contributed by atoms with Crippen LogP contribution in [0.1, 0.15) is 19.4 Å². The van der Waals surface area contributed by atoms with Gasteiger partial charge >= 0.3 is 0 Å². The number of nitrogens with zero attached hydrogens (tertiary/aromatic N) is 3. The van der Waals surface area contributed by atoms with Crippen molar-refractivity contribution in [1.29, 1.82) is 0 Å². The predicted octanol–water partition coefficient (Wildman–Crippen LogP) is 2.48. The molecule has 1 aromatic heterocycles. The summed E-state index contributed by atoms with van der Waals surface area (Å²) in [7, 11) is 1.60. The van der Waals surface area contributed by atoms with Gasteiger partial charge in [0.2, 0.25) is 5.88 Å². The Balaban J connectivity index is 2.24. The summed E-state index contributed by atoms with van der Waals surface area (Å²) in [6, 6.07) is 10.0. The summed E-state index contributed by atoms with van der Waals surface area (Å²) in [6.07, 6.45) is 1.52.